The van der Waals surface area contributed by atoms with Gasteiger partial charge in [-0.05, 0) is 49.2 Å². The molecule has 7 nitrogen and oxygen atoms in total. The Labute approximate surface area is 169 Å². The van der Waals surface area contributed by atoms with Gasteiger partial charge in [0.05, 0.1) is 18.2 Å². The molecule has 2 aromatic rings. The van der Waals surface area contributed by atoms with E-state index in [0.29, 0.717) is 29.2 Å². The Balaban J connectivity index is 1.72. The quantitative estimate of drug-likeness (QED) is 0.573. The number of methoxy groups -OCH3 is 1. The summed E-state index contributed by atoms with van der Waals surface area (Å²) >= 11 is 5.83. The third kappa shape index (κ3) is 4.35. The highest BCUT2D eigenvalue weighted by molar-refractivity contribution is 7.89. The fourth-order valence-electron chi connectivity index (χ4n) is 3.04. The molecule has 1 fully saturated rings. The van der Waals surface area contributed by atoms with E-state index in [1.807, 2.05) is 12.1 Å². The zero-order chi connectivity index (χ0) is 20.1. The van der Waals surface area contributed by atoms with Crippen molar-refractivity contribution in [2.45, 2.75) is 23.8 Å². The highest BCUT2D eigenvalue weighted by Gasteiger charge is 2.39. The number of hydrazone groups is 1. The Hall–Kier alpha value is -2.42. The molecular weight excluding hydrogens is 402 g/mol. The zero-order valence-electron chi connectivity index (χ0n) is 15.2. The summed E-state index contributed by atoms with van der Waals surface area (Å²) in [7, 11) is -2.25. The second-order valence-electron chi connectivity index (χ2n) is 6.20. The van der Waals surface area contributed by atoms with Crippen molar-refractivity contribution in [3.05, 3.63) is 59.1 Å². The number of rotatable bonds is 6. The van der Waals surface area contributed by atoms with E-state index in [0.717, 1.165) is 0 Å². The van der Waals surface area contributed by atoms with Gasteiger partial charge < -0.3 is 4.74 Å². The second kappa shape index (κ2) is 8.72. The first-order chi connectivity index (χ1) is 13.4. The van der Waals surface area contributed by atoms with Gasteiger partial charge in [-0.2, -0.15) is 9.41 Å². The molecule has 0 saturated carbocycles. The van der Waals surface area contributed by atoms with Crippen LogP contribution in [0.3, 0.4) is 0 Å². The summed E-state index contributed by atoms with van der Waals surface area (Å²) in [6.07, 6.45) is 2.49. The number of benzene rings is 2. The average molecular weight is 422 g/mol. The van der Waals surface area contributed by atoms with Gasteiger partial charge in [0, 0.05) is 17.1 Å². The summed E-state index contributed by atoms with van der Waals surface area (Å²) in [5.41, 5.74) is 3.13. The van der Waals surface area contributed by atoms with Crippen LogP contribution in [-0.4, -0.2) is 44.5 Å². The summed E-state index contributed by atoms with van der Waals surface area (Å²) < 4.78 is 32.2. The van der Waals surface area contributed by atoms with Gasteiger partial charge in [0.15, 0.2) is 0 Å². The number of ether oxygens (including phenoxy) is 1. The Morgan fingerprint density at radius 1 is 1.25 bits per heavy atom. The minimum atomic E-state index is -3.80. The number of para-hydroxylation sites is 1. The molecule has 28 heavy (non-hydrogen) atoms. The van der Waals surface area contributed by atoms with Crippen molar-refractivity contribution >= 4 is 33.7 Å². The lowest BCUT2D eigenvalue weighted by molar-refractivity contribution is -0.124. The Kier molecular flexibility index (Phi) is 6.33. The van der Waals surface area contributed by atoms with E-state index >= 15 is 0 Å². The van der Waals surface area contributed by atoms with Gasteiger partial charge in [-0.3, -0.25) is 4.79 Å². The van der Waals surface area contributed by atoms with E-state index < -0.39 is 22.0 Å². The van der Waals surface area contributed by atoms with Crippen LogP contribution in [0.25, 0.3) is 0 Å². The lowest BCUT2D eigenvalue weighted by Crippen LogP contribution is -2.44. The first-order valence-corrected chi connectivity index (χ1v) is 10.5. The van der Waals surface area contributed by atoms with Gasteiger partial charge in [-0.25, -0.2) is 13.8 Å². The molecular formula is C19H20ClN3O4S. The molecule has 1 amide bonds. The highest BCUT2D eigenvalue weighted by atomic mass is 35.5. The smallest absolute Gasteiger partial charge is 0.258 e. The number of hydrogen-bond donors (Lipinski definition) is 1. The van der Waals surface area contributed by atoms with Crippen LogP contribution in [0, 0.1) is 0 Å². The molecule has 9 heteroatoms. The summed E-state index contributed by atoms with van der Waals surface area (Å²) in [6.45, 7) is 0.277. The lowest BCUT2D eigenvalue weighted by Gasteiger charge is -2.22. The molecule has 3 rings (SSSR count). The molecule has 0 spiro atoms. The maximum atomic E-state index is 12.9. The first kappa shape index (κ1) is 20.3. The van der Waals surface area contributed by atoms with E-state index in [1.165, 1.54) is 34.8 Å². The van der Waals surface area contributed by atoms with E-state index in [-0.39, 0.29) is 11.4 Å². The summed E-state index contributed by atoms with van der Waals surface area (Å²) in [4.78, 5) is 12.7. The van der Waals surface area contributed by atoms with Crippen molar-refractivity contribution in [3.63, 3.8) is 0 Å². The highest BCUT2D eigenvalue weighted by Crippen LogP contribution is 2.27. The molecule has 1 N–H and O–H groups in total. The fourth-order valence-corrected chi connectivity index (χ4v) is 4.83. The van der Waals surface area contributed by atoms with Crippen LogP contribution in [0.4, 0.5) is 0 Å². The van der Waals surface area contributed by atoms with Gasteiger partial charge in [0.25, 0.3) is 5.91 Å². The van der Waals surface area contributed by atoms with Crippen LogP contribution >= 0.6 is 11.6 Å². The molecule has 2 aromatic carbocycles. The number of amides is 1. The second-order valence-corrected chi connectivity index (χ2v) is 8.53. The van der Waals surface area contributed by atoms with E-state index in [9.17, 15) is 13.2 Å². The molecule has 1 saturated heterocycles. The molecule has 0 unspecified atom stereocenters. The number of nitrogens with one attached hydrogen (secondary N) is 1. The molecule has 0 aromatic heterocycles. The third-order valence-corrected chi connectivity index (χ3v) is 6.62. The average Bonchev–Trinajstić information content (AvgIpc) is 3.19. The Morgan fingerprint density at radius 3 is 2.68 bits per heavy atom. The van der Waals surface area contributed by atoms with Crippen molar-refractivity contribution in [2.75, 3.05) is 13.7 Å². The number of halogens is 1. The van der Waals surface area contributed by atoms with Gasteiger partial charge in [0.1, 0.15) is 11.8 Å². The predicted octanol–water partition coefficient (Wildman–Crippen LogP) is 2.65. The van der Waals surface area contributed by atoms with Crippen LogP contribution in [0.2, 0.25) is 5.02 Å². The van der Waals surface area contributed by atoms with Crippen LogP contribution < -0.4 is 10.2 Å². The topological polar surface area (TPSA) is 88.1 Å². The third-order valence-electron chi connectivity index (χ3n) is 4.44. The molecule has 1 atom stereocenters. The van der Waals surface area contributed by atoms with Crippen LogP contribution in [0.1, 0.15) is 18.4 Å². The van der Waals surface area contributed by atoms with Crippen LogP contribution in [-0.2, 0) is 14.8 Å². The maximum absolute atomic E-state index is 12.9. The van der Waals surface area contributed by atoms with E-state index in [2.05, 4.69) is 10.5 Å². The zero-order valence-corrected chi connectivity index (χ0v) is 16.8. The summed E-state index contributed by atoms with van der Waals surface area (Å²) in [6, 6.07) is 12.3. The monoisotopic (exact) mass is 421 g/mol. The normalized spacial score (nSPS) is 17.7. The summed E-state index contributed by atoms with van der Waals surface area (Å²) in [5.74, 6) is 0.148. The molecule has 1 aliphatic heterocycles. The van der Waals surface area contributed by atoms with Crippen LogP contribution in [0.5, 0.6) is 5.75 Å². The molecule has 1 aliphatic rings. The van der Waals surface area contributed by atoms with Crippen molar-refractivity contribution in [2.24, 2.45) is 5.10 Å². The predicted molar refractivity (Wildman–Crippen MR) is 107 cm³/mol. The van der Waals surface area contributed by atoms with Crippen molar-refractivity contribution in [1.82, 2.24) is 9.73 Å². The fraction of sp³-hybridized carbons (Fsp3) is 0.263. The number of carbonyl (C=O) groups excluding carboxylic acids is 1. The molecule has 0 radical (unpaired) electrons. The van der Waals surface area contributed by atoms with E-state index in [4.69, 9.17) is 16.3 Å². The number of nitrogens with zero attached hydrogens (tertiary/aromatic N) is 2. The molecule has 148 valence electrons. The van der Waals surface area contributed by atoms with Crippen molar-refractivity contribution < 1.29 is 17.9 Å². The standard InChI is InChI=1S/C19H20ClN3O4S/c1-27-18-7-3-2-5-14(18)13-21-22-19(24)17-6-4-12-23(17)28(25,26)16-10-8-15(20)9-11-16/h2-3,5,7-11,13,17H,4,6,12H2,1H3,(H,22,24)/b21-13-/t17-/m0/s1. The minimum Gasteiger partial charge on any atom is -0.496 e. The maximum Gasteiger partial charge on any atom is 0.258 e. The van der Waals surface area contributed by atoms with Gasteiger partial charge >= 0.3 is 0 Å². The molecule has 0 bridgehead atoms. The lowest BCUT2D eigenvalue weighted by atomic mass is 10.2. The van der Waals surface area contributed by atoms with Crippen LogP contribution in [0.15, 0.2) is 58.5 Å². The Morgan fingerprint density at radius 2 is 1.96 bits per heavy atom. The largest absolute Gasteiger partial charge is 0.496 e. The van der Waals surface area contributed by atoms with Gasteiger partial charge in [0.2, 0.25) is 10.0 Å². The van der Waals surface area contributed by atoms with Crippen molar-refractivity contribution in [1.29, 1.82) is 0 Å². The number of sulfonamides is 1. The van der Waals surface area contributed by atoms with Crippen molar-refractivity contribution in [3.8, 4) is 5.75 Å². The van der Waals surface area contributed by atoms with Gasteiger partial charge in [-0.1, -0.05) is 23.7 Å². The number of hydrogen-bond acceptors (Lipinski definition) is 5. The minimum absolute atomic E-state index is 0.106. The van der Waals surface area contributed by atoms with E-state index in [1.54, 1.807) is 19.2 Å². The Bertz CT molecular complexity index is 977. The first-order valence-electron chi connectivity index (χ1n) is 8.67. The van der Waals surface area contributed by atoms with Gasteiger partial charge in [-0.15, -0.1) is 0 Å². The number of carbonyl (C=O) groups is 1. The summed E-state index contributed by atoms with van der Waals surface area (Å²) in [5, 5.41) is 4.40. The molecule has 0 aliphatic carbocycles. The molecule has 1 heterocycles. The SMILES string of the molecule is COc1ccccc1/C=N\NC(=O)[C@@H]1CCCN1S(=O)(=O)c1ccc(Cl)cc1.